The second-order valence-electron chi connectivity index (χ2n) is 5.27. The number of hydrogen-bond acceptors (Lipinski definition) is 3. The number of aryl methyl sites for hydroxylation is 2. The summed E-state index contributed by atoms with van der Waals surface area (Å²) in [4.78, 5) is 7.25. The Morgan fingerprint density at radius 1 is 1.37 bits per heavy atom. The topological polar surface area (TPSA) is 24.9 Å². The van der Waals surface area contributed by atoms with Gasteiger partial charge in [-0.25, -0.2) is 0 Å². The highest BCUT2D eigenvalue weighted by molar-refractivity contribution is 7.12. The minimum absolute atomic E-state index is 0.427. The van der Waals surface area contributed by atoms with Crippen LogP contribution in [0.4, 0.5) is 0 Å². The first kappa shape index (κ1) is 12.8. The maximum Gasteiger partial charge on any atom is 0.0389 e. The number of hydrogen-bond donors (Lipinski definition) is 1. The lowest BCUT2D eigenvalue weighted by atomic mass is 9.99. The Labute approximate surface area is 118 Å². The normalized spacial score (nSPS) is 16.1. The second kappa shape index (κ2) is 5.85. The van der Waals surface area contributed by atoms with Crippen molar-refractivity contribution in [2.24, 2.45) is 0 Å². The molecule has 100 valence electrons. The Balaban J connectivity index is 1.64. The maximum atomic E-state index is 4.15. The third kappa shape index (κ3) is 3.04. The van der Waals surface area contributed by atoms with E-state index < -0.39 is 0 Å². The van der Waals surface area contributed by atoms with Crippen LogP contribution in [0, 0.1) is 0 Å². The lowest BCUT2D eigenvalue weighted by Gasteiger charge is -2.11. The fraction of sp³-hybridized carbons (Fsp3) is 0.438. The van der Waals surface area contributed by atoms with Gasteiger partial charge in [-0.05, 0) is 55.9 Å². The van der Waals surface area contributed by atoms with Gasteiger partial charge in [-0.15, -0.1) is 11.3 Å². The van der Waals surface area contributed by atoms with Crippen LogP contribution in [0.15, 0.2) is 30.6 Å². The molecule has 1 aliphatic carbocycles. The first-order valence-electron chi connectivity index (χ1n) is 7.06. The van der Waals surface area contributed by atoms with Gasteiger partial charge in [0, 0.05) is 34.7 Å². The SMILES string of the molecule is CC(NCc1cccnc1)c1cc2c(s1)CCCC2. The fourth-order valence-corrected chi connectivity index (χ4v) is 3.89. The molecule has 3 heteroatoms. The van der Waals surface area contributed by atoms with E-state index in [-0.39, 0.29) is 0 Å². The average Bonchev–Trinajstić information content (AvgIpc) is 2.90. The molecule has 1 aliphatic rings. The Hall–Kier alpha value is -1.19. The third-order valence-corrected chi connectivity index (χ3v) is 5.20. The molecule has 0 saturated heterocycles. The van der Waals surface area contributed by atoms with Crippen molar-refractivity contribution in [2.75, 3.05) is 0 Å². The van der Waals surface area contributed by atoms with Crippen LogP contribution in [0.5, 0.6) is 0 Å². The molecule has 0 aromatic carbocycles. The molecule has 2 aromatic rings. The molecule has 0 saturated carbocycles. The molecule has 1 N–H and O–H groups in total. The zero-order valence-electron chi connectivity index (χ0n) is 11.4. The van der Waals surface area contributed by atoms with Crippen molar-refractivity contribution in [3.8, 4) is 0 Å². The smallest absolute Gasteiger partial charge is 0.0389 e. The molecular formula is C16H20N2S. The van der Waals surface area contributed by atoms with Gasteiger partial charge in [0.15, 0.2) is 0 Å². The molecule has 2 heterocycles. The summed E-state index contributed by atoms with van der Waals surface area (Å²) in [5, 5.41) is 3.59. The minimum atomic E-state index is 0.427. The Bertz CT molecular complexity index is 509. The van der Waals surface area contributed by atoms with Crippen molar-refractivity contribution in [1.82, 2.24) is 10.3 Å². The highest BCUT2D eigenvalue weighted by Gasteiger charge is 2.16. The monoisotopic (exact) mass is 272 g/mol. The van der Waals surface area contributed by atoms with Gasteiger partial charge in [-0.3, -0.25) is 4.98 Å². The lowest BCUT2D eigenvalue weighted by molar-refractivity contribution is 0.581. The standard InChI is InChI=1S/C16H20N2S/c1-12(18-11-13-5-4-8-17-10-13)16-9-14-6-2-3-7-15(14)19-16/h4-5,8-10,12,18H,2-3,6-7,11H2,1H3. The van der Waals surface area contributed by atoms with Crippen molar-refractivity contribution < 1.29 is 0 Å². The molecular weight excluding hydrogens is 252 g/mol. The van der Waals surface area contributed by atoms with Gasteiger partial charge < -0.3 is 5.32 Å². The van der Waals surface area contributed by atoms with E-state index in [9.17, 15) is 0 Å². The summed E-state index contributed by atoms with van der Waals surface area (Å²) in [5.74, 6) is 0. The Kier molecular flexibility index (Phi) is 3.95. The van der Waals surface area contributed by atoms with Gasteiger partial charge >= 0.3 is 0 Å². The summed E-state index contributed by atoms with van der Waals surface area (Å²) in [6.07, 6.45) is 9.04. The van der Waals surface area contributed by atoms with Gasteiger partial charge in [0.1, 0.15) is 0 Å². The predicted molar refractivity (Wildman–Crippen MR) is 80.5 cm³/mol. The van der Waals surface area contributed by atoms with Crippen LogP contribution in [0.3, 0.4) is 0 Å². The van der Waals surface area contributed by atoms with Gasteiger partial charge in [0.25, 0.3) is 0 Å². The number of rotatable bonds is 4. The number of fused-ring (bicyclic) bond motifs is 1. The highest BCUT2D eigenvalue weighted by atomic mass is 32.1. The van der Waals surface area contributed by atoms with E-state index in [0.29, 0.717) is 6.04 Å². The van der Waals surface area contributed by atoms with E-state index in [1.54, 1.807) is 10.4 Å². The molecule has 0 radical (unpaired) electrons. The van der Waals surface area contributed by atoms with Crippen LogP contribution in [0.25, 0.3) is 0 Å². The number of nitrogens with zero attached hydrogens (tertiary/aromatic N) is 1. The summed E-state index contributed by atoms with van der Waals surface area (Å²) in [6.45, 7) is 3.14. The summed E-state index contributed by atoms with van der Waals surface area (Å²) in [5.41, 5.74) is 2.84. The molecule has 0 aliphatic heterocycles. The summed E-state index contributed by atoms with van der Waals surface area (Å²) in [7, 11) is 0. The van der Waals surface area contributed by atoms with E-state index in [4.69, 9.17) is 0 Å². The average molecular weight is 272 g/mol. The highest BCUT2D eigenvalue weighted by Crippen LogP contribution is 2.32. The number of pyridine rings is 1. The molecule has 3 rings (SSSR count). The lowest BCUT2D eigenvalue weighted by Crippen LogP contribution is -2.17. The third-order valence-electron chi connectivity index (χ3n) is 3.78. The summed E-state index contributed by atoms with van der Waals surface area (Å²) >= 11 is 2.00. The zero-order valence-corrected chi connectivity index (χ0v) is 12.2. The molecule has 0 spiro atoms. The summed E-state index contributed by atoms with van der Waals surface area (Å²) < 4.78 is 0. The molecule has 0 fully saturated rings. The van der Waals surface area contributed by atoms with Gasteiger partial charge in [0.2, 0.25) is 0 Å². The molecule has 1 unspecified atom stereocenters. The fourth-order valence-electron chi connectivity index (χ4n) is 2.60. The second-order valence-corrected chi connectivity index (χ2v) is 6.44. The van der Waals surface area contributed by atoms with Crippen LogP contribution in [0.1, 0.15) is 46.7 Å². The van der Waals surface area contributed by atoms with Crippen LogP contribution in [-0.4, -0.2) is 4.98 Å². The van der Waals surface area contributed by atoms with Crippen LogP contribution in [-0.2, 0) is 19.4 Å². The van der Waals surface area contributed by atoms with Crippen LogP contribution >= 0.6 is 11.3 Å². The van der Waals surface area contributed by atoms with E-state index in [0.717, 1.165) is 6.54 Å². The van der Waals surface area contributed by atoms with E-state index in [2.05, 4.69) is 29.4 Å². The Morgan fingerprint density at radius 2 is 2.26 bits per heavy atom. The minimum Gasteiger partial charge on any atom is -0.305 e. The molecule has 19 heavy (non-hydrogen) atoms. The number of thiophene rings is 1. The van der Waals surface area contributed by atoms with Crippen molar-refractivity contribution in [1.29, 1.82) is 0 Å². The largest absolute Gasteiger partial charge is 0.305 e. The zero-order chi connectivity index (χ0) is 13.1. The van der Waals surface area contributed by atoms with Crippen molar-refractivity contribution in [3.63, 3.8) is 0 Å². The first-order chi connectivity index (χ1) is 9.33. The van der Waals surface area contributed by atoms with E-state index in [1.807, 2.05) is 29.8 Å². The molecule has 2 aromatic heterocycles. The van der Waals surface area contributed by atoms with Gasteiger partial charge in [0.05, 0.1) is 0 Å². The number of aromatic nitrogens is 1. The van der Waals surface area contributed by atoms with Crippen LogP contribution < -0.4 is 5.32 Å². The maximum absolute atomic E-state index is 4.15. The van der Waals surface area contributed by atoms with E-state index >= 15 is 0 Å². The molecule has 0 amide bonds. The van der Waals surface area contributed by atoms with Gasteiger partial charge in [-0.1, -0.05) is 6.07 Å². The molecule has 2 nitrogen and oxygen atoms in total. The van der Waals surface area contributed by atoms with Gasteiger partial charge in [-0.2, -0.15) is 0 Å². The Morgan fingerprint density at radius 3 is 3.05 bits per heavy atom. The number of nitrogens with one attached hydrogen (secondary N) is 1. The van der Waals surface area contributed by atoms with Crippen LogP contribution in [0.2, 0.25) is 0 Å². The quantitative estimate of drug-likeness (QED) is 0.914. The summed E-state index contributed by atoms with van der Waals surface area (Å²) in [6, 6.07) is 6.95. The van der Waals surface area contributed by atoms with Crippen molar-refractivity contribution in [3.05, 3.63) is 51.5 Å². The molecule has 1 atom stereocenters. The first-order valence-corrected chi connectivity index (χ1v) is 7.88. The predicted octanol–water partition coefficient (Wildman–Crippen LogP) is 3.87. The van der Waals surface area contributed by atoms with Crippen molar-refractivity contribution in [2.45, 2.75) is 45.2 Å². The van der Waals surface area contributed by atoms with E-state index in [1.165, 1.54) is 36.1 Å². The molecule has 0 bridgehead atoms. The van der Waals surface area contributed by atoms with Crippen molar-refractivity contribution >= 4 is 11.3 Å².